The summed E-state index contributed by atoms with van der Waals surface area (Å²) in [6, 6.07) is 2.92. The van der Waals surface area contributed by atoms with E-state index >= 15 is 0 Å². The number of hydrogen-bond donors (Lipinski definition) is 6. The SMILES string of the molecule is CC(=O)NCc1ccc(O)c2c1C[C@H]1C[C@H]3CC(=O)C(C(N)=O)=C(O)[C@@]3(O)C(=O)C1=C2O. The predicted molar refractivity (Wildman–Crippen MR) is 109 cm³/mol. The van der Waals surface area contributed by atoms with Crippen LogP contribution in [-0.2, 0) is 32.1 Å². The number of primary amides is 1. The number of carbonyl (C=O) groups excluding carboxylic acids is 4. The van der Waals surface area contributed by atoms with Crippen molar-refractivity contribution in [2.45, 2.75) is 38.3 Å². The Labute approximate surface area is 182 Å². The average Bonchev–Trinajstić information content (AvgIpc) is 2.69. The molecular formula is C22H22N2O8. The summed E-state index contributed by atoms with van der Waals surface area (Å²) < 4.78 is 0. The number of phenols is 1. The van der Waals surface area contributed by atoms with E-state index in [0.29, 0.717) is 11.1 Å². The monoisotopic (exact) mass is 442 g/mol. The molecule has 4 rings (SSSR count). The number of benzene rings is 1. The summed E-state index contributed by atoms with van der Waals surface area (Å²) in [5.74, 6) is -6.94. The van der Waals surface area contributed by atoms with Crippen molar-refractivity contribution in [3.63, 3.8) is 0 Å². The third-order valence-corrected chi connectivity index (χ3v) is 6.57. The van der Waals surface area contributed by atoms with Crippen LogP contribution in [-0.4, -0.2) is 49.4 Å². The molecule has 3 aliphatic rings. The first-order valence-electron chi connectivity index (χ1n) is 10.0. The Morgan fingerprint density at radius 1 is 1.19 bits per heavy atom. The summed E-state index contributed by atoms with van der Waals surface area (Å²) in [5, 5.41) is 45.7. The fourth-order valence-electron chi connectivity index (χ4n) is 5.07. The van der Waals surface area contributed by atoms with Gasteiger partial charge in [-0.05, 0) is 36.0 Å². The number of hydrogen-bond acceptors (Lipinski definition) is 8. The van der Waals surface area contributed by atoms with Gasteiger partial charge in [0.1, 0.15) is 22.8 Å². The van der Waals surface area contributed by atoms with Crippen LogP contribution in [0.4, 0.5) is 0 Å². The quantitative estimate of drug-likeness (QED) is 0.354. The lowest BCUT2D eigenvalue weighted by Crippen LogP contribution is -2.58. The lowest BCUT2D eigenvalue weighted by atomic mass is 9.59. The Hall–Kier alpha value is -3.66. The van der Waals surface area contributed by atoms with Crippen molar-refractivity contribution >= 4 is 29.1 Å². The van der Waals surface area contributed by atoms with Crippen molar-refractivity contribution in [3.05, 3.63) is 45.7 Å². The van der Waals surface area contributed by atoms with Crippen molar-refractivity contribution in [1.29, 1.82) is 0 Å². The van der Waals surface area contributed by atoms with Gasteiger partial charge in [0.15, 0.2) is 11.4 Å². The smallest absolute Gasteiger partial charge is 0.255 e. The molecule has 3 atom stereocenters. The molecule has 1 fully saturated rings. The number of aliphatic hydroxyl groups is 3. The Bertz CT molecular complexity index is 1160. The van der Waals surface area contributed by atoms with Crippen molar-refractivity contribution in [3.8, 4) is 5.75 Å². The molecule has 0 spiro atoms. The predicted octanol–water partition coefficient (Wildman–Crippen LogP) is 0.0600. The topological polar surface area (TPSA) is 187 Å². The summed E-state index contributed by atoms with van der Waals surface area (Å²) in [7, 11) is 0. The molecule has 168 valence electrons. The van der Waals surface area contributed by atoms with Crippen LogP contribution in [0.5, 0.6) is 5.75 Å². The number of Topliss-reactive ketones (excluding diaryl/α,β-unsaturated/α-hetero) is 2. The highest BCUT2D eigenvalue weighted by molar-refractivity contribution is 6.22. The number of carbonyl (C=O) groups is 4. The molecule has 1 saturated carbocycles. The largest absolute Gasteiger partial charge is 0.508 e. The van der Waals surface area contributed by atoms with Gasteiger partial charge in [0.25, 0.3) is 5.91 Å². The molecule has 7 N–H and O–H groups in total. The van der Waals surface area contributed by atoms with Crippen LogP contribution in [0.1, 0.15) is 36.5 Å². The zero-order valence-corrected chi connectivity index (χ0v) is 17.1. The van der Waals surface area contributed by atoms with E-state index in [-0.39, 0.29) is 48.6 Å². The van der Waals surface area contributed by atoms with Gasteiger partial charge in [-0.3, -0.25) is 19.2 Å². The van der Waals surface area contributed by atoms with Gasteiger partial charge in [-0.25, -0.2) is 0 Å². The third-order valence-electron chi connectivity index (χ3n) is 6.57. The summed E-state index contributed by atoms with van der Waals surface area (Å²) in [6.07, 6.45) is -0.128. The number of aromatic hydroxyl groups is 1. The zero-order chi connectivity index (χ0) is 23.5. The molecule has 10 heteroatoms. The zero-order valence-electron chi connectivity index (χ0n) is 17.1. The molecule has 0 aliphatic heterocycles. The number of rotatable bonds is 3. The summed E-state index contributed by atoms with van der Waals surface area (Å²) in [6.45, 7) is 1.49. The van der Waals surface area contributed by atoms with Gasteiger partial charge in [-0.15, -0.1) is 0 Å². The first kappa shape index (κ1) is 21.6. The van der Waals surface area contributed by atoms with Gasteiger partial charge < -0.3 is 31.5 Å². The second-order valence-corrected chi connectivity index (χ2v) is 8.41. The molecule has 0 aromatic heterocycles. The average molecular weight is 442 g/mol. The van der Waals surface area contributed by atoms with Crippen LogP contribution in [0.3, 0.4) is 0 Å². The van der Waals surface area contributed by atoms with Gasteiger partial charge in [0.05, 0.1) is 5.56 Å². The van der Waals surface area contributed by atoms with Crippen molar-refractivity contribution in [2.75, 3.05) is 0 Å². The molecule has 0 radical (unpaired) electrons. The lowest BCUT2D eigenvalue weighted by Gasteiger charge is -2.46. The van der Waals surface area contributed by atoms with E-state index in [4.69, 9.17) is 5.73 Å². The lowest BCUT2D eigenvalue weighted by molar-refractivity contribution is -0.147. The first-order chi connectivity index (χ1) is 15.0. The van der Waals surface area contributed by atoms with E-state index in [9.17, 15) is 39.6 Å². The maximum atomic E-state index is 13.4. The number of nitrogens with one attached hydrogen (secondary N) is 1. The Kier molecular flexibility index (Phi) is 4.85. The molecule has 0 saturated heterocycles. The van der Waals surface area contributed by atoms with Crippen LogP contribution >= 0.6 is 0 Å². The Morgan fingerprint density at radius 3 is 2.50 bits per heavy atom. The Balaban J connectivity index is 1.88. The molecule has 0 unspecified atom stereocenters. The minimum atomic E-state index is -2.58. The fourth-order valence-corrected chi connectivity index (χ4v) is 5.07. The van der Waals surface area contributed by atoms with Crippen LogP contribution in [0.15, 0.2) is 29.0 Å². The van der Waals surface area contributed by atoms with Gasteiger partial charge in [0.2, 0.25) is 11.7 Å². The highest BCUT2D eigenvalue weighted by atomic mass is 16.3. The minimum Gasteiger partial charge on any atom is -0.508 e. The van der Waals surface area contributed by atoms with E-state index in [1.54, 1.807) is 6.07 Å². The molecule has 3 aliphatic carbocycles. The van der Waals surface area contributed by atoms with Crippen LogP contribution in [0.2, 0.25) is 0 Å². The summed E-state index contributed by atoms with van der Waals surface area (Å²) >= 11 is 0. The minimum absolute atomic E-state index is 0.0000167. The summed E-state index contributed by atoms with van der Waals surface area (Å²) in [4.78, 5) is 48.7. The molecule has 32 heavy (non-hydrogen) atoms. The van der Waals surface area contributed by atoms with Crippen molar-refractivity contribution in [1.82, 2.24) is 5.32 Å². The second kappa shape index (κ2) is 7.20. The Morgan fingerprint density at radius 2 is 1.88 bits per heavy atom. The molecule has 0 bridgehead atoms. The molecule has 2 amide bonds. The van der Waals surface area contributed by atoms with Gasteiger partial charge in [-0.1, -0.05) is 6.07 Å². The van der Waals surface area contributed by atoms with Gasteiger partial charge in [0, 0.05) is 31.4 Å². The normalized spacial score (nSPS) is 26.9. The van der Waals surface area contributed by atoms with Crippen molar-refractivity contribution in [2.24, 2.45) is 17.6 Å². The van der Waals surface area contributed by atoms with Crippen LogP contribution < -0.4 is 11.1 Å². The molecule has 1 aromatic carbocycles. The summed E-state index contributed by atoms with van der Waals surface area (Å²) in [5.41, 5.74) is 2.71. The van der Waals surface area contributed by atoms with Crippen LogP contribution in [0, 0.1) is 11.8 Å². The standard InChI is InChI=1S/C22H22N2O8/c1-8(25)24-7-9-2-3-13(26)16-12(9)5-10-4-11-6-14(27)17(21(23)31)20(30)22(11,32)19(29)15(10)18(16)28/h2-3,10-11,26,28,30,32H,4-7H2,1H3,(H2,23,31)(H,24,25)/t10-,11+,22+/m1/s1. The fraction of sp³-hybridized carbons (Fsp3) is 0.364. The maximum Gasteiger partial charge on any atom is 0.255 e. The third kappa shape index (κ3) is 2.90. The van der Waals surface area contributed by atoms with E-state index in [2.05, 4.69) is 5.32 Å². The highest BCUT2D eigenvalue weighted by Crippen LogP contribution is 2.52. The van der Waals surface area contributed by atoms with E-state index in [1.807, 2.05) is 0 Å². The van der Waals surface area contributed by atoms with Gasteiger partial charge >= 0.3 is 0 Å². The maximum absolute atomic E-state index is 13.4. The van der Waals surface area contributed by atoms with Crippen LogP contribution in [0.25, 0.3) is 5.76 Å². The number of amides is 2. The number of ketones is 2. The molecule has 10 nitrogen and oxygen atoms in total. The highest BCUT2D eigenvalue weighted by Gasteiger charge is 2.60. The van der Waals surface area contributed by atoms with Crippen molar-refractivity contribution < 1.29 is 39.6 Å². The number of phenolic OH excluding ortho intramolecular Hbond substituents is 1. The van der Waals surface area contributed by atoms with E-state index in [1.165, 1.54) is 13.0 Å². The van der Waals surface area contributed by atoms with Gasteiger partial charge in [-0.2, -0.15) is 0 Å². The van der Waals surface area contributed by atoms with E-state index in [0.717, 1.165) is 0 Å². The molecule has 0 heterocycles. The number of nitrogens with two attached hydrogens (primary N) is 1. The molecular weight excluding hydrogens is 420 g/mol. The first-order valence-corrected chi connectivity index (χ1v) is 10.0. The second-order valence-electron chi connectivity index (χ2n) is 8.41. The molecule has 1 aromatic rings. The van der Waals surface area contributed by atoms with E-state index < -0.39 is 52.0 Å². The number of fused-ring (bicyclic) bond motifs is 3. The number of aliphatic hydroxyl groups excluding tert-OH is 2.